The van der Waals surface area contributed by atoms with Crippen molar-refractivity contribution in [1.29, 1.82) is 0 Å². The molecule has 0 aromatic heterocycles. The summed E-state index contributed by atoms with van der Waals surface area (Å²) in [5.41, 5.74) is 13.1. The van der Waals surface area contributed by atoms with Gasteiger partial charge in [0.1, 0.15) is 5.82 Å². The minimum Gasteiger partial charge on any atom is -0.330 e. The van der Waals surface area contributed by atoms with Gasteiger partial charge in [-0.05, 0) is 49.6 Å². The van der Waals surface area contributed by atoms with E-state index in [1.807, 2.05) is 13.0 Å². The van der Waals surface area contributed by atoms with E-state index in [4.69, 9.17) is 11.5 Å². The Hall–Kier alpha value is -0.930. The van der Waals surface area contributed by atoms with E-state index in [1.165, 1.54) is 12.1 Å². The van der Waals surface area contributed by atoms with Gasteiger partial charge in [-0.3, -0.25) is 0 Å². The smallest absolute Gasteiger partial charge is 0.123 e. The fourth-order valence-electron chi connectivity index (χ4n) is 1.55. The van der Waals surface area contributed by atoms with Crippen LogP contribution in [0.1, 0.15) is 17.5 Å². The Balaban J connectivity index is 2.66. The molecule has 0 aliphatic carbocycles. The summed E-state index contributed by atoms with van der Waals surface area (Å²) in [5, 5.41) is 0. The van der Waals surface area contributed by atoms with Gasteiger partial charge in [-0.15, -0.1) is 0 Å². The van der Waals surface area contributed by atoms with Crippen LogP contribution in [0.3, 0.4) is 0 Å². The number of aryl methyl sites for hydroxylation is 1. The third-order valence-corrected chi connectivity index (χ3v) is 2.14. The lowest BCUT2D eigenvalue weighted by atomic mass is 10.0. The summed E-state index contributed by atoms with van der Waals surface area (Å²) in [6.07, 6.45) is 1.46. The van der Waals surface area contributed by atoms with E-state index in [9.17, 15) is 4.39 Å². The fourth-order valence-corrected chi connectivity index (χ4v) is 1.55. The zero-order valence-electron chi connectivity index (χ0n) is 8.46. The van der Waals surface area contributed by atoms with Crippen molar-refractivity contribution in [3.8, 4) is 0 Å². The van der Waals surface area contributed by atoms with E-state index in [2.05, 4.69) is 0 Å². The third-order valence-electron chi connectivity index (χ3n) is 2.14. The predicted molar refractivity (Wildman–Crippen MR) is 56.5 cm³/mol. The molecule has 0 radical (unpaired) electrons. The number of hydrogen-bond donors (Lipinski definition) is 2. The van der Waals surface area contributed by atoms with Gasteiger partial charge in [-0.2, -0.15) is 0 Å². The van der Waals surface area contributed by atoms with Crippen LogP contribution in [-0.4, -0.2) is 12.6 Å². The molecule has 0 aliphatic heterocycles. The third kappa shape index (κ3) is 3.44. The molecular formula is C11H17FN2. The highest BCUT2D eigenvalue weighted by Crippen LogP contribution is 2.10. The average molecular weight is 196 g/mol. The molecule has 4 N–H and O–H groups in total. The van der Waals surface area contributed by atoms with Gasteiger partial charge in [0, 0.05) is 6.04 Å². The maximum absolute atomic E-state index is 13.0. The Bertz CT molecular complexity index is 279. The maximum Gasteiger partial charge on any atom is 0.123 e. The summed E-state index contributed by atoms with van der Waals surface area (Å²) < 4.78 is 13.0. The number of benzene rings is 1. The molecule has 78 valence electrons. The van der Waals surface area contributed by atoms with Crippen LogP contribution in [0.15, 0.2) is 18.2 Å². The lowest BCUT2D eigenvalue weighted by Gasteiger charge is -2.10. The summed E-state index contributed by atoms with van der Waals surface area (Å²) >= 11 is 0. The molecule has 1 aromatic carbocycles. The Morgan fingerprint density at radius 3 is 2.64 bits per heavy atom. The summed E-state index contributed by atoms with van der Waals surface area (Å²) in [4.78, 5) is 0. The van der Waals surface area contributed by atoms with E-state index in [0.29, 0.717) is 13.0 Å². The van der Waals surface area contributed by atoms with Crippen molar-refractivity contribution in [3.05, 3.63) is 35.1 Å². The highest BCUT2D eigenvalue weighted by atomic mass is 19.1. The molecule has 1 aromatic rings. The number of hydrogen-bond acceptors (Lipinski definition) is 2. The molecule has 0 aliphatic rings. The first-order valence-corrected chi connectivity index (χ1v) is 4.83. The number of halogens is 1. The minimum atomic E-state index is -0.194. The van der Waals surface area contributed by atoms with Crippen molar-refractivity contribution in [2.45, 2.75) is 25.8 Å². The van der Waals surface area contributed by atoms with Crippen molar-refractivity contribution >= 4 is 0 Å². The fraction of sp³-hybridized carbons (Fsp3) is 0.455. The van der Waals surface area contributed by atoms with E-state index in [-0.39, 0.29) is 11.9 Å². The Labute approximate surface area is 84.1 Å². The van der Waals surface area contributed by atoms with Crippen molar-refractivity contribution < 1.29 is 4.39 Å². The summed E-state index contributed by atoms with van der Waals surface area (Å²) in [5.74, 6) is -0.194. The molecule has 0 saturated carbocycles. The van der Waals surface area contributed by atoms with E-state index < -0.39 is 0 Å². The molecule has 1 rings (SSSR count). The second-order valence-corrected chi connectivity index (χ2v) is 3.68. The molecule has 0 amide bonds. The van der Waals surface area contributed by atoms with Crippen molar-refractivity contribution in [3.63, 3.8) is 0 Å². The largest absolute Gasteiger partial charge is 0.330 e. The average Bonchev–Trinajstić information content (AvgIpc) is 2.01. The zero-order chi connectivity index (χ0) is 10.6. The van der Waals surface area contributed by atoms with Crippen molar-refractivity contribution in [1.82, 2.24) is 0 Å². The van der Waals surface area contributed by atoms with Crippen molar-refractivity contribution in [2.24, 2.45) is 11.5 Å². The maximum atomic E-state index is 13.0. The molecule has 2 nitrogen and oxygen atoms in total. The highest BCUT2D eigenvalue weighted by molar-refractivity contribution is 5.24. The van der Waals surface area contributed by atoms with Gasteiger partial charge in [-0.1, -0.05) is 6.07 Å². The molecule has 0 spiro atoms. The van der Waals surface area contributed by atoms with Crippen LogP contribution in [-0.2, 0) is 6.42 Å². The number of nitrogens with two attached hydrogens (primary N) is 2. The zero-order valence-corrected chi connectivity index (χ0v) is 8.46. The lowest BCUT2D eigenvalue weighted by Crippen LogP contribution is -2.26. The Morgan fingerprint density at radius 1 is 1.36 bits per heavy atom. The van der Waals surface area contributed by atoms with Crippen LogP contribution in [0.5, 0.6) is 0 Å². The SMILES string of the molecule is Cc1cc(F)cc(C[C@H](N)CCN)c1. The number of rotatable bonds is 4. The molecule has 0 bridgehead atoms. The normalized spacial score (nSPS) is 12.9. The van der Waals surface area contributed by atoms with E-state index in [1.54, 1.807) is 0 Å². The minimum absolute atomic E-state index is 0.0289. The van der Waals surface area contributed by atoms with Crippen LogP contribution in [0.2, 0.25) is 0 Å². The second-order valence-electron chi connectivity index (χ2n) is 3.68. The van der Waals surface area contributed by atoms with Gasteiger partial charge in [0.05, 0.1) is 0 Å². The van der Waals surface area contributed by atoms with Crippen LogP contribution in [0, 0.1) is 12.7 Å². The van der Waals surface area contributed by atoms with Crippen LogP contribution < -0.4 is 11.5 Å². The van der Waals surface area contributed by atoms with Crippen molar-refractivity contribution in [2.75, 3.05) is 6.54 Å². The Morgan fingerprint density at radius 2 is 2.07 bits per heavy atom. The molecule has 0 heterocycles. The highest BCUT2D eigenvalue weighted by Gasteiger charge is 2.04. The molecular weight excluding hydrogens is 179 g/mol. The van der Waals surface area contributed by atoms with Crippen LogP contribution >= 0.6 is 0 Å². The van der Waals surface area contributed by atoms with Gasteiger partial charge in [0.2, 0.25) is 0 Å². The first-order valence-electron chi connectivity index (χ1n) is 4.83. The topological polar surface area (TPSA) is 52.0 Å². The standard InChI is InChI=1S/C11H17FN2/c1-8-4-9(6-10(12)5-8)7-11(14)2-3-13/h4-6,11H,2-3,7,13-14H2,1H3/t11-/m1/s1. The Kier molecular flexibility index (Phi) is 4.04. The van der Waals surface area contributed by atoms with E-state index in [0.717, 1.165) is 17.5 Å². The summed E-state index contributed by atoms with van der Waals surface area (Å²) in [6, 6.07) is 5.03. The molecule has 14 heavy (non-hydrogen) atoms. The van der Waals surface area contributed by atoms with Gasteiger partial charge in [0.15, 0.2) is 0 Å². The summed E-state index contributed by atoms with van der Waals surface area (Å²) in [7, 11) is 0. The van der Waals surface area contributed by atoms with E-state index >= 15 is 0 Å². The molecule has 0 fully saturated rings. The first kappa shape index (κ1) is 11.1. The second kappa shape index (κ2) is 5.08. The quantitative estimate of drug-likeness (QED) is 0.763. The molecule has 0 saturated heterocycles. The van der Waals surface area contributed by atoms with Crippen LogP contribution in [0.25, 0.3) is 0 Å². The molecule has 0 unspecified atom stereocenters. The first-order chi connectivity index (χ1) is 6.61. The predicted octanol–water partition coefficient (Wildman–Crippen LogP) is 1.35. The summed E-state index contributed by atoms with van der Waals surface area (Å²) in [6.45, 7) is 2.45. The monoisotopic (exact) mass is 196 g/mol. The van der Waals surface area contributed by atoms with Crippen LogP contribution in [0.4, 0.5) is 4.39 Å². The lowest BCUT2D eigenvalue weighted by molar-refractivity contribution is 0.603. The molecule has 1 atom stereocenters. The van der Waals surface area contributed by atoms with Gasteiger partial charge in [0.25, 0.3) is 0 Å². The van der Waals surface area contributed by atoms with Gasteiger partial charge in [-0.25, -0.2) is 4.39 Å². The van der Waals surface area contributed by atoms with Gasteiger partial charge >= 0.3 is 0 Å². The molecule has 3 heteroatoms. The van der Waals surface area contributed by atoms with Gasteiger partial charge < -0.3 is 11.5 Å².